The minimum absolute atomic E-state index is 0.0727. The van der Waals surface area contributed by atoms with Crippen molar-refractivity contribution < 1.29 is 14.7 Å². The van der Waals surface area contributed by atoms with E-state index < -0.39 is 5.97 Å². The molecular weight excluding hydrogens is 344 g/mol. The fraction of sp³-hybridized carbons (Fsp3) is 0.353. The Kier molecular flexibility index (Phi) is 6.81. The fourth-order valence-corrected chi connectivity index (χ4v) is 3.62. The first kappa shape index (κ1) is 18.5. The summed E-state index contributed by atoms with van der Waals surface area (Å²) in [6.07, 6.45) is 0.530. The second-order valence-corrected chi connectivity index (χ2v) is 7.51. The van der Waals surface area contributed by atoms with Crippen LogP contribution in [0.1, 0.15) is 33.9 Å². The predicted octanol–water partition coefficient (Wildman–Crippen LogP) is 3.68. The van der Waals surface area contributed by atoms with Gasteiger partial charge in [0.2, 0.25) is 0 Å². The van der Waals surface area contributed by atoms with Gasteiger partial charge >= 0.3 is 5.97 Å². The fourth-order valence-electron chi connectivity index (χ4n) is 2.11. The molecule has 1 N–H and O–H groups in total. The van der Waals surface area contributed by atoms with E-state index in [1.165, 1.54) is 0 Å². The maximum Gasteiger partial charge on any atom is 0.303 e. The molecule has 0 aliphatic rings. The lowest BCUT2D eigenvalue weighted by atomic mass is 10.2. The lowest BCUT2D eigenvalue weighted by Gasteiger charge is -2.16. The topological polar surface area (TPSA) is 70.5 Å². The molecule has 1 aromatic carbocycles. The lowest BCUT2D eigenvalue weighted by Crippen LogP contribution is -2.28. The third-order valence-electron chi connectivity index (χ3n) is 3.39. The van der Waals surface area contributed by atoms with Crippen molar-refractivity contribution in [3.63, 3.8) is 0 Å². The summed E-state index contributed by atoms with van der Waals surface area (Å²) in [5.74, 6) is -0.119. The summed E-state index contributed by atoms with van der Waals surface area (Å²) in [5.41, 5.74) is 1.68. The number of hydrogen-bond acceptors (Lipinski definition) is 5. The van der Waals surface area contributed by atoms with Crippen molar-refractivity contribution >= 4 is 35.0 Å². The number of amides is 1. The molecule has 0 atom stereocenters. The number of hydrogen-bond donors (Lipinski definition) is 1. The van der Waals surface area contributed by atoms with Crippen LogP contribution in [0.2, 0.25) is 0 Å². The van der Waals surface area contributed by atoms with Gasteiger partial charge in [-0.05, 0) is 37.6 Å². The highest BCUT2D eigenvalue weighted by Crippen LogP contribution is 2.24. The second-order valence-electron chi connectivity index (χ2n) is 5.39. The molecule has 0 unspecified atom stereocenters. The number of aryl methyl sites for hydroxylation is 1. The van der Waals surface area contributed by atoms with Crippen LogP contribution in [0.15, 0.2) is 34.5 Å². The average Bonchev–Trinajstić information content (AvgIpc) is 2.98. The minimum Gasteiger partial charge on any atom is -0.481 e. The van der Waals surface area contributed by atoms with Crippen LogP contribution in [0.25, 0.3) is 0 Å². The van der Waals surface area contributed by atoms with Gasteiger partial charge in [0, 0.05) is 41.6 Å². The van der Waals surface area contributed by atoms with E-state index in [4.69, 9.17) is 5.11 Å². The molecule has 0 aliphatic carbocycles. The van der Waals surface area contributed by atoms with Crippen LogP contribution in [0.3, 0.4) is 0 Å². The molecule has 1 heterocycles. The first-order chi connectivity index (χ1) is 11.5. The maximum absolute atomic E-state index is 12.3. The number of rotatable bonds is 8. The normalized spacial score (nSPS) is 10.6. The molecule has 0 spiro atoms. The van der Waals surface area contributed by atoms with Crippen molar-refractivity contribution in [1.29, 1.82) is 0 Å². The zero-order valence-electron chi connectivity index (χ0n) is 13.7. The van der Waals surface area contributed by atoms with Gasteiger partial charge in [0.1, 0.15) is 0 Å². The second kappa shape index (κ2) is 8.84. The third-order valence-corrected chi connectivity index (χ3v) is 5.25. The Labute approximate surface area is 149 Å². The summed E-state index contributed by atoms with van der Waals surface area (Å²) < 4.78 is 0. The van der Waals surface area contributed by atoms with Crippen molar-refractivity contribution in [2.45, 2.75) is 30.4 Å². The van der Waals surface area contributed by atoms with Crippen LogP contribution >= 0.6 is 23.1 Å². The summed E-state index contributed by atoms with van der Waals surface area (Å²) >= 11 is 3.33. The Morgan fingerprint density at radius 2 is 2.00 bits per heavy atom. The number of carbonyl (C=O) groups excluding carboxylic acids is 1. The number of thioether (sulfide) groups is 1. The highest BCUT2D eigenvalue weighted by atomic mass is 32.2. The highest BCUT2D eigenvalue weighted by Gasteiger charge is 2.12. The van der Waals surface area contributed by atoms with Gasteiger partial charge in [0.05, 0.1) is 10.7 Å². The van der Waals surface area contributed by atoms with E-state index in [1.54, 1.807) is 35.0 Å². The zero-order chi connectivity index (χ0) is 17.5. The van der Waals surface area contributed by atoms with Gasteiger partial charge in [-0.3, -0.25) is 9.59 Å². The smallest absolute Gasteiger partial charge is 0.303 e. The van der Waals surface area contributed by atoms with Crippen LogP contribution in [0.5, 0.6) is 0 Å². The quantitative estimate of drug-likeness (QED) is 0.724. The van der Waals surface area contributed by atoms with E-state index in [2.05, 4.69) is 10.4 Å². The van der Waals surface area contributed by atoms with Crippen LogP contribution in [0.4, 0.5) is 0 Å². The lowest BCUT2D eigenvalue weighted by molar-refractivity contribution is -0.137. The summed E-state index contributed by atoms with van der Waals surface area (Å²) in [5, 5.41) is 11.8. The van der Waals surface area contributed by atoms with Crippen molar-refractivity contribution in [3.8, 4) is 0 Å². The van der Waals surface area contributed by atoms with E-state index in [9.17, 15) is 9.59 Å². The number of aliphatic carboxylic acids is 1. The number of benzene rings is 1. The molecule has 0 saturated carbocycles. The molecule has 0 bridgehead atoms. The summed E-state index contributed by atoms with van der Waals surface area (Å²) in [7, 11) is 1.69. The molecule has 24 heavy (non-hydrogen) atoms. The van der Waals surface area contributed by atoms with Gasteiger partial charge < -0.3 is 10.0 Å². The van der Waals surface area contributed by atoms with Gasteiger partial charge in [-0.15, -0.1) is 23.1 Å². The van der Waals surface area contributed by atoms with Gasteiger partial charge in [-0.2, -0.15) is 0 Å². The molecule has 0 saturated heterocycles. The summed E-state index contributed by atoms with van der Waals surface area (Å²) in [6, 6.07) is 7.49. The Morgan fingerprint density at radius 3 is 2.58 bits per heavy atom. The van der Waals surface area contributed by atoms with Gasteiger partial charge in [-0.1, -0.05) is 0 Å². The molecule has 1 aromatic heterocycles. The largest absolute Gasteiger partial charge is 0.481 e. The monoisotopic (exact) mass is 364 g/mol. The number of carbonyl (C=O) groups is 2. The highest BCUT2D eigenvalue weighted by molar-refractivity contribution is 7.98. The molecular formula is C17H20N2O3S2. The Balaban J connectivity index is 1.86. The SMILES string of the molecule is Cc1nc(CSc2ccc(C(=O)N(C)CCCC(=O)O)cc2)cs1. The van der Waals surface area contributed by atoms with E-state index in [-0.39, 0.29) is 12.3 Å². The predicted molar refractivity (Wildman–Crippen MR) is 96.7 cm³/mol. The minimum atomic E-state index is -0.840. The van der Waals surface area contributed by atoms with Crippen LogP contribution in [0, 0.1) is 6.92 Å². The number of aromatic nitrogens is 1. The summed E-state index contributed by atoms with van der Waals surface area (Å²) in [6.45, 7) is 2.43. The standard InChI is InChI=1S/C17H20N2O3S2/c1-12-18-14(10-23-12)11-24-15-7-5-13(6-8-15)17(22)19(2)9-3-4-16(20)21/h5-8,10H,3-4,9,11H2,1-2H3,(H,20,21). The first-order valence-electron chi connectivity index (χ1n) is 7.57. The van der Waals surface area contributed by atoms with E-state index in [0.29, 0.717) is 18.5 Å². The van der Waals surface area contributed by atoms with Gasteiger partial charge in [-0.25, -0.2) is 4.98 Å². The zero-order valence-corrected chi connectivity index (χ0v) is 15.3. The van der Waals surface area contributed by atoms with Crippen molar-refractivity contribution in [2.24, 2.45) is 0 Å². The van der Waals surface area contributed by atoms with Gasteiger partial charge in [0.25, 0.3) is 5.91 Å². The molecule has 7 heteroatoms. The Bertz CT molecular complexity index is 698. The van der Waals surface area contributed by atoms with Crippen molar-refractivity contribution in [3.05, 3.63) is 45.9 Å². The van der Waals surface area contributed by atoms with Crippen LogP contribution < -0.4 is 0 Å². The first-order valence-corrected chi connectivity index (χ1v) is 9.43. The number of carboxylic acids is 1. The molecule has 0 fully saturated rings. The van der Waals surface area contributed by atoms with Gasteiger partial charge in [0.15, 0.2) is 0 Å². The summed E-state index contributed by atoms with van der Waals surface area (Å²) in [4.78, 5) is 29.9. The number of thiazole rings is 1. The van der Waals surface area contributed by atoms with Crippen molar-refractivity contribution in [2.75, 3.05) is 13.6 Å². The molecule has 2 rings (SSSR count). The molecule has 0 aliphatic heterocycles. The van der Waals surface area contributed by atoms with E-state index in [1.807, 2.05) is 31.2 Å². The average molecular weight is 364 g/mol. The Morgan fingerprint density at radius 1 is 1.29 bits per heavy atom. The molecule has 0 radical (unpaired) electrons. The van der Waals surface area contributed by atoms with Crippen LogP contribution in [-0.4, -0.2) is 40.5 Å². The van der Waals surface area contributed by atoms with E-state index >= 15 is 0 Å². The Hall–Kier alpha value is -1.86. The van der Waals surface area contributed by atoms with Crippen molar-refractivity contribution in [1.82, 2.24) is 9.88 Å². The third kappa shape index (κ3) is 5.65. The molecule has 5 nitrogen and oxygen atoms in total. The number of carboxylic acid groups (broad SMARTS) is 1. The van der Waals surface area contributed by atoms with Crippen LogP contribution in [-0.2, 0) is 10.5 Å². The number of nitrogens with zero attached hydrogens (tertiary/aromatic N) is 2. The van der Waals surface area contributed by atoms with E-state index in [0.717, 1.165) is 21.3 Å². The maximum atomic E-state index is 12.3. The molecule has 1 amide bonds. The molecule has 2 aromatic rings. The molecule has 128 valence electrons.